The molecule has 0 atom stereocenters. The number of fused-ring (bicyclic) bond motifs is 1. The van der Waals surface area contributed by atoms with E-state index in [2.05, 4.69) is 4.98 Å². The molecule has 29 heavy (non-hydrogen) atoms. The Morgan fingerprint density at radius 3 is 2.17 bits per heavy atom. The van der Waals surface area contributed by atoms with Gasteiger partial charge in [-0.25, -0.2) is 0 Å². The number of nitrogens with one attached hydrogen (secondary N) is 1. The van der Waals surface area contributed by atoms with Gasteiger partial charge in [0.05, 0.1) is 13.2 Å². The van der Waals surface area contributed by atoms with Gasteiger partial charge >= 0.3 is 7.60 Å². The maximum Gasteiger partial charge on any atom is 0.366 e. The van der Waals surface area contributed by atoms with Crippen LogP contribution in [0.5, 0.6) is 0 Å². The number of H-pyrrole nitrogens is 1. The van der Waals surface area contributed by atoms with E-state index in [1.807, 2.05) is 56.3 Å². The average molecular weight is 413 g/mol. The molecule has 0 spiro atoms. The summed E-state index contributed by atoms with van der Waals surface area (Å²) >= 11 is 0. The van der Waals surface area contributed by atoms with Gasteiger partial charge in [0.1, 0.15) is 5.30 Å². The summed E-state index contributed by atoms with van der Waals surface area (Å²) in [5, 5.41) is 2.19. The van der Waals surface area contributed by atoms with Crippen molar-refractivity contribution in [2.24, 2.45) is 0 Å². The van der Waals surface area contributed by atoms with Crippen molar-refractivity contribution in [2.45, 2.75) is 39.5 Å². The van der Waals surface area contributed by atoms with Crippen LogP contribution in [0.1, 0.15) is 39.5 Å². The lowest BCUT2D eigenvalue weighted by Gasteiger charge is -2.18. The molecule has 6 heteroatoms. The monoisotopic (exact) mass is 413 g/mol. The van der Waals surface area contributed by atoms with Crippen molar-refractivity contribution < 1.29 is 13.6 Å². The van der Waals surface area contributed by atoms with Crippen molar-refractivity contribution in [3.05, 3.63) is 65.0 Å². The number of aromatic amines is 1. The van der Waals surface area contributed by atoms with Crippen molar-refractivity contribution >= 4 is 23.7 Å². The van der Waals surface area contributed by atoms with E-state index in [1.165, 1.54) is 0 Å². The maximum atomic E-state index is 13.4. The van der Waals surface area contributed by atoms with Crippen molar-refractivity contribution in [1.82, 2.24) is 4.98 Å². The number of hydrogen-bond acceptors (Lipinski definition) is 4. The Morgan fingerprint density at radius 2 is 1.52 bits per heavy atom. The van der Waals surface area contributed by atoms with Gasteiger partial charge in [-0.2, -0.15) is 0 Å². The van der Waals surface area contributed by atoms with Crippen molar-refractivity contribution in [1.29, 1.82) is 0 Å². The van der Waals surface area contributed by atoms with Gasteiger partial charge in [-0.05, 0) is 35.7 Å². The maximum absolute atomic E-state index is 13.4. The lowest BCUT2D eigenvalue weighted by molar-refractivity contribution is 0.208. The number of hydrogen-bond donors (Lipinski definition) is 1. The second-order valence-electron chi connectivity index (χ2n) is 6.98. The Hall–Kier alpha value is -2.20. The highest BCUT2D eigenvalue weighted by atomic mass is 31.2. The molecule has 0 aliphatic carbocycles. The smallest absolute Gasteiger partial charge is 0.321 e. The van der Waals surface area contributed by atoms with E-state index < -0.39 is 13.2 Å². The van der Waals surface area contributed by atoms with Gasteiger partial charge in [-0.3, -0.25) is 9.36 Å². The Kier molecular flexibility index (Phi) is 7.43. The quantitative estimate of drug-likeness (QED) is 0.345. The van der Waals surface area contributed by atoms with E-state index in [0.717, 1.165) is 42.0 Å². The van der Waals surface area contributed by atoms with E-state index in [4.69, 9.17) is 9.05 Å². The molecule has 0 aliphatic heterocycles. The molecule has 0 radical (unpaired) electrons. The Bertz CT molecular complexity index is 1040. The van der Waals surface area contributed by atoms with Gasteiger partial charge in [0.15, 0.2) is 0 Å². The average Bonchev–Trinajstić information content (AvgIpc) is 2.73. The van der Waals surface area contributed by atoms with Crippen molar-refractivity contribution in [3.63, 3.8) is 0 Å². The number of unbranched alkanes of at least 4 members (excludes halogenated alkanes) is 2. The fraction of sp³-hybridized carbons (Fsp3) is 0.348. The Labute approximate surface area is 171 Å². The molecule has 0 fully saturated rings. The lowest BCUT2D eigenvalue weighted by Crippen LogP contribution is -2.29. The molecule has 0 saturated carbocycles. The summed E-state index contributed by atoms with van der Waals surface area (Å²) in [6.07, 6.45) is 3.33. The largest absolute Gasteiger partial charge is 0.366 e. The number of benzene rings is 2. The molecular weight excluding hydrogens is 385 g/mol. The minimum atomic E-state index is -3.67. The van der Waals surface area contributed by atoms with Crippen LogP contribution in [0.4, 0.5) is 0 Å². The van der Waals surface area contributed by atoms with Crippen LogP contribution in [0.3, 0.4) is 0 Å². The molecule has 2 aromatic carbocycles. The van der Waals surface area contributed by atoms with Gasteiger partial charge in [-0.1, -0.05) is 69.2 Å². The zero-order valence-electron chi connectivity index (χ0n) is 17.0. The normalized spacial score (nSPS) is 11.8. The minimum Gasteiger partial charge on any atom is -0.321 e. The first-order valence-electron chi connectivity index (χ1n) is 10.2. The first kappa shape index (κ1) is 21.5. The Morgan fingerprint density at radius 1 is 0.862 bits per heavy atom. The molecule has 0 amide bonds. The predicted octanol–water partition coefficient (Wildman–Crippen LogP) is 5.65. The highest BCUT2D eigenvalue weighted by Crippen LogP contribution is 2.46. The highest BCUT2D eigenvalue weighted by Gasteiger charge is 2.31. The molecule has 1 N–H and O–H groups in total. The van der Waals surface area contributed by atoms with Crippen LogP contribution >= 0.6 is 7.60 Å². The van der Waals surface area contributed by atoms with E-state index in [-0.39, 0.29) is 5.30 Å². The molecule has 1 heterocycles. The van der Waals surface area contributed by atoms with Gasteiger partial charge in [0.2, 0.25) is 0 Å². The molecule has 0 aliphatic rings. The van der Waals surface area contributed by atoms with Crippen LogP contribution in [-0.2, 0) is 13.6 Å². The van der Waals surface area contributed by atoms with Crippen molar-refractivity contribution in [3.8, 4) is 11.3 Å². The molecule has 3 rings (SSSR count). The van der Waals surface area contributed by atoms with Gasteiger partial charge < -0.3 is 14.0 Å². The lowest BCUT2D eigenvalue weighted by atomic mass is 10.0. The minimum absolute atomic E-state index is 0.0636. The van der Waals surface area contributed by atoms with E-state index in [1.54, 1.807) is 12.1 Å². The van der Waals surface area contributed by atoms with Crippen LogP contribution in [0, 0.1) is 0 Å². The second kappa shape index (κ2) is 10.0. The molecule has 0 saturated heterocycles. The third-order valence-electron chi connectivity index (χ3n) is 4.78. The van der Waals surface area contributed by atoms with Gasteiger partial charge in [0.25, 0.3) is 5.56 Å². The third-order valence-corrected chi connectivity index (χ3v) is 6.77. The topological polar surface area (TPSA) is 68.4 Å². The molecule has 1 aromatic heterocycles. The highest BCUT2D eigenvalue weighted by molar-refractivity contribution is 7.62. The predicted molar refractivity (Wildman–Crippen MR) is 119 cm³/mol. The van der Waals surface area contributed by atoms with Crippen LogP contribution < -0.4 is 10.9 Å². The number of pyridine rings is 1. The fourth-order valence-electron chi connectivity index (χ4n) is 3.13. The number of rotatable bonds is 10. The zero-order chi connectivity index (χ0) is 20.7. The fourth-order valence-corrected chi connectivity index (χ4v) is 4.79. The first-order chi connectivity index (χ1) is 14.1. The van der Waals surface area contributed by atoms with Gasteiger partial charge in [0, 0.05) is 11.3 Å². The van der Waals surface area contributed by atoms with Crippen LogP contribution in [-0.4, -0.2) is 18.2 Å². The van der Waals surface area contributed by atoms with Crippen LogP contribution in [0.25, 0.3) is 22.0 Å². The van der Waals surface area contributed by atoms with Gasteiger partial charge in [-0.15, -0.1) is 0 Å². The molecule has 0 bridgehead atoms. The summed E-state index contributed by atoms with van der Waals surface area (Å²) in [4.78, 5) is 15.8. The Balaban J connectivity index is 1.97. The number of aromatic nitrogens is 1. The summed E-state index contributed by atoms with van der Waals surface area (Å²) in [7, 11) is -3.67. The zero-order valence-corrected chi connectivity index (χ0v) is 17.9. The van der Waals surface area contributed by atoms with E-state index >= 15 is 0 Å². The van der Waals surface area contributed by atoms with Crippen LogP contribution in [0.15, 0.2) is 59.4 Å². The standard InChI is InChI=1S/C23H28NO4P/c1-3-5-16-27-29(26,28-17-6-4-2)22-15-14-21(24-23(22)25)20-13-9-11-18-10-7-8-12-19(18)20/h7-15H,3-6,16-17H2,1-2H3,(H,24,25). The van der Waals surface area contributed by atoms with E-state index in [0.29, 0.717) is 18.9 Å². The molecular formula is C23H28NO4P. The summed E-state index contributed by atoms with van der Waals surface area (Å²) in [5.74, 6) is 0. The van der Waals surface area contributed by atoms with Crippen molar-refractivity contribution in [2.75, 3.05) is 13.2 Å². The summed E-state index contributed by atoms with van der Waals surface area (Å²) in [6, 6.07) is 17.3. The van der Waals surface area contributed by atoms with E-state index in [9.17, 15) is 9.36 Å². The summed E-state index contributed by atoms with van der Waals surface area (Å²) in [5.41, 5.74) is 1.15. The SMILES string of the molecule is CCCCOP(=O)(OCCCC)c1ccc(-c2cccc3ccccc23)[nH]c1=O. The first-order valence-corrected chi connectivity index (χ1v) is 11.7. The molecule has 5 nitrogen and oxygen atoms in total. The summed E-state index contributed by atoms with van der Waals surface area (Å²) in [6.45, 7) is 4.64. The molecule has 154 valence electrons. The van der Waals surface area contributed by atoms with Crippen LogP contribution in [0.2, 0.25) is 0 Å². The summed E-state index contributed by atoms with van der Waals surface area (Å²) < 4.78 is 24.6. The molecule has 0 unspecified atom stereocenters. The molecule has 3 aromatic rings. The third kappa shape index (κ3) is 5.05. The second-order valence-corrected chi connectivity index (χ2v) is 8.98.